The zero-order valence-electron chi connectivity index (χ0n) is 15.7. The van der Waals surface area contributed by atoms with Crippen molar-refractivity contribution in [2.75, 3.05) is 6.26 Å². The fourth-order valence-corrected chi connectivity index (χ4v) is 3.59. The van der Waals surface area contributed by atoms with Gasteiger partial charge in [-0.2, -0.15) is 5.10 Å². The zero-order valence-corrected chi connectivity index (χ0v) is 17.3. The second-order valence-electron chi connectivity index (χ2n) is 6.57. The molecule has 0 spiro atoms. The molecule has 8 heteroatoms. The second kappa shape index (κ2) is 7.77. The second-order valence-corrected chi connectivity index (χ2v) is 9.02. The lowest BCUT2D eigenvalue weighted by Crippen LogP contribution is -2.27. The Morgan fingerprint density at radius 3 is 2.29 bits per heavy atom. The smallest absolute Gasteiger partial charge is 0.255 e. The Labute approximate surface area is 169 Å². The van der Waals surface area contributed by atoms with E-state index in [-0.39, 0.29) is 16.8 Å². The highest BCUT2D eigenvalue weighted by molar-refractivity contribution is 7.90. The van der Waals surface area contributed by atoms with E-state index in [0.29, 0.717) is 16.3 Å². The van der Waals surface area contributed by atoms with Crippen LogP contribution in [0.2, 0.25) is 5.02 Å². The van der Waals surface area contributed by atoms with E-state index in [0.717, 1.165) is 17.5 Å². The molecule has 1 amide bonds. The number of carbonyl (C=O) groups is 1. The van der Waals surface area contributed by atoms with Crippen LogP contribution < -0.4 is 5.32 Å². The Morgan fingerprint density at radius 2 is 1.71 bits per heavy atom. The lowest BCUT2D eigenvalue weighted by Gasteiger charge is -2.15. The predicted molar refractivity (Wildman–Crippen MR) is 109 cm³/mol. The Morgan fingerprint density at radius 1 is 1.11 bits per heavy atom. The first-order valence-corrected chi connectivity index (χ1v) is 10.8. The van der Waals surface area contributed by atoms with E-state index < -0.39 is 9.84 Å². The first kappa shape index (κ1) is 20.1. The number of carbonyl (C=O) groups excluding carboxylic acids is 1. The molecule has 0 aliphatic rings. The minimum absolute atomic E-state index is 0.245. The molecule has 0 aliphatic carbocycles. The van der Waals surface area contributed by atoms with Gasteiger partial charge in [-0.05, 0) is 55.8 Å². The van der Waals surface area contributed by atoms with E-state index in [4.69, 9.17) is 11.6 Å². The molecule has 1 unspecified atom stereocenters. The molecule has 6 nitrogen and oxygen atoms in total. The molecule has 1 atom stereocenters. The normalized spacial score (nSPS) is 12.6. The number of hydrogen-bond donors (Lipinski definition) is 1. The van der Waals surface area contributed by atoms with Gasteiger partial charge in [0.2, 0.25) is 0 Å². The number of sulfone groups is 1. The summed E-state index contributed by atoms with van der Waals surface area (Å²) < 4.78 is 24.8. The number of nitrogens with zero attached hydrogens (tertiary/aromatic N) is 2. The van der Waals surface area contributed by atoms with Crippen molar-refractivity contribution >= 4 is 27.3 Å². The number of halogens is 1. The maximum Gasteiger partial charge on any atom is 0.255 e. The maximum absolute atomic E-state index is 12.7. The van der Waals surface area contributed by atoms with Gasteiger partial charge >= 0.3 is 0 Å². The van der Waals surface area contributed by atoms with Gasteiger partial charge in [-0.25, -0.2) is 13.1 Å². The molecule has 2 aromatic carbocycles. The van der Waals surface area contributed by atoms with Crippen LogP contribution in [0.5, 0.6) is 0 Å². The largest absolute Gasteiger partial charge is 0.345 e. The van der Waals surface area contributed by atoms with Gasteiger partial charge in [0.15, 0.2) is 9.84 Å². The Balaban J connectivity index is 1.77. The Hall–Kier alpha value is -2.64. The summed E-state index contributed by atoms with van der Waals surface area (Å²) in [6.07, 6.45) is 2.69. The number of amides is 1. The van der Waals surface area contributed by atoms with Crippen LogP contribution in [0.25, 0.3) is 5.69 Å². The SMILES string of the molecule is Cc1c(C(=O)NC(C)c2ccc(S(C)(=O)=O)cc2)cnn1-c1ccc(Cl)cc1. The number of hydrogen-bond acceptors (Lipinski definition) is 4. The minimum atomic E-state index is -3.25. The molecule has 0 saturated carbocycles. The summed E-state index contributed by atoms with van der Waals surface area (Å²) in [7, 11) is -3.25. The summed E-state index contributed by atoms with van der Waals surface area (Å²) >= 11 is 5.92. The molecular weight excluding hydrogens is 398 g/mol. The van der Waals surface area contributed by atoms with Crippen molar-refractivity contribution < 1.29 is 13.2 Å². The first-order valence-electron chi connectivity index (χ1n) is 8.58. The fourth-order valence-electron chi connectivity index (χ4n) is 2.84. The van der Waals surface area contributed by atoms with E-state index in [1.807, 2.05) is 26.0 Å². The first-order chi connectivity index (χ1) is 13.2. The van der Waals surface area contributed by atoms with Crippen molar-refractivity contribution in [1.29, 1.82) is 0 Å². The van der Waals surface area contributed by atoms with Gasteiger partial charge in [0.25, 0.3) is 5.91 Å². The third-order valence-electron chi connectivity index (χ3n) is 4.48. The summed E-state index contributed by atoms with van der Waals surface area (Å²) in [6, 6.07) is 13.4. The van der Waals surface area contributed by atoms with Gasteiger partial charge in [0.1, 0.15) is 0 Å². The van der Waals surface area contributed by atoms with Crippen molar-refractivity contribution in [2.24, 2.45) is 0 Å². The van der Waals surface area contributed by atoms with Crippen LogP contribution >= 0.6 is 11.6 Å². The highest BCUT2D eigenvalue weighted by Crippen LogP contribution is 2.19. The molecule has 28 heavy (non-hydrogen) atoms. The Kier molecular flexibility index (Phi) is 5.58. The lowest BCUT2D eigenvalue weighted by atomic mass is 10.1. The lowest BCUT2D eigenvalue weighted by molar-refractivity contribution is 0.0939. The zero-order chi connectivity index (χ0) is 20.5. The summed E-state index contributed by atoms with van der Waals surface area (Å²) in [5.41, 5.74) is 2.79. The van der Waals surface area contributed by atoms with E-state index >= 15 is 0 Å². The van der Waals surface area contributed by atoms with Gasteiger partial charge in [-0.15, -0.1) is 0 Å². The van der Waals surface area contributed by atoms with Crippen LogP contribution in [0, 0.1) is 6.92 Å². The summed E-state index contributed by atoms with van der Waals surface area (Å²) in [4.78, 5) is 12.9. The number of rotatable bonds is 5. The molecule has 1 aromatic heterocycles. The number of nitrogens with one attached hydrogen (secondary N) is 1. The minimum Gasteiger partial charge on any atom is -0.345 e. The van der Waals surface area contributed by atoms with Crippen LogP contribution in [0.15, 0.2) is 59.6 Å². The molecule has 0 saturated heterocycles. The topological polar surface area (TPSA) is 81.1 Å². The van der Waals surface area contributed by atoms with Crippen LogP contribution in [0.3, 0.4) is 0 Å². The standard InChI is InChI=1S/C20H20ClN3O3S/c1-13(15-4-10-18(11-5-15)28(3,26)27)23-20(25)19-12-22-24(14(19)2)17-8-6-16(21)7-9-17/h4-13H,1-3H3,(H,23,25). The van der Waals surface area contributed by atoms with Gasteiger partial charge in [0, 0.05) is 11.3 Å². The van der Waals surface area contributed by atoms with Gasteiger partial charge in [0.05, 0.1) is 34.1 Å². The van der Waals surface area contributed by atoms with E-state index in [1.165, 1.54) is 18.3 Å². The molecule has 3 aromatic rings. The quantitative estimate of drug-likeness (QED) is 0.685. The van der Waals surface area contributed by atoms with Crippen LogP contribution in [0.1, 0.15) is 34.6 Å². The number of aromatic nitrogens is 2. The summed E-state index contributed by atoms with van der Waals surface area (Å²) in [6.45, 7) is 3.66. The van der Waals surface area contributed by atoms with Gasteiger partial charge < -0.3 is 5.32 Å². The third-order valence-corrected chi connectivity index (χ3v) is 5.86. The molecule has 146 valence electrons. The van der Waals surface area contributed by atoms with E-state index in [2.05, 4.69) is 10.4 Å². The van der Waals surface area contributed by atoms with E-state index in [1.54, 1.807) is 28.9 Å². The van der Waals surface area contributed by atoms with Crippen LogP contribution in [-0.4, -0.2) is 30.4 Å². The van der Waals surface area contributed by atoms with Crippen molar-refractivity contribution in [2.45, 2.75) is 24.8 Å². The van der Waals surface area contributed by atoms with E-state index in [9.17, 15) is 13.2 Å². The van der Waals surface area contributed by atoms with Gasteiger partial charge in [-0.3, -0.25) is 4.79 Å². The molecule has 0 fully saturated rings. The van der Waals surface area contributed by atoms with Gasteiger partial charge in [-0.1, -0.05) is 23.7 Å². The van der Waals surface area contributed by atoms with Crippen LogP contribution in [0.4, 0.5) is 0 Å². The third kappa shape index (κ3) is 4.26. The molecule has 1 N–H and O–H groups in total. The molecule has 0 radical (unpaired) electrons. The fraction of sp³-hybridized carbons (Fsp3) is 0.200. The van der Waals surface area contributed by atoms with Crippen molar-refractivity contribution in [3.05, 3.63) is 76.6 Å². The highest BCUT2D eigenvalue weighted by atomic mass is 35.5. The highest BCUT2D eigenvalue weighted by Gasteiger charge is 2.18. The molecule has 0 aliphatic heterocycles. The molecule has 1 heterocycles. The number of benzene rings is 2. The molecular formula is C20H20ClN3O3S. The van der Waals surface area contributed by atoms with Crippen molar-refractivity contribution in [3.63, 3.8) is 0 Å². The molecule has 3 rings (SSSR count). The van der Waals surface area contributed by atoms with Crippen molar-refractivity contribution in [1.82, 2.24) is 15.1 Å². The van der Waals surface area contributed by atoms with Crippen molar-refractivity contribution in [3.8, 4) is 5.69 Å². The monoisotopic (exact) mass is 417 g/mol. The average molecular weight is 418 g/mol. The molecule has 0 bridgehead atoms. The summed E-state index contributed by atoms with van der Waals surface area (Å²) in [5, 5.41) is 7.85. The average Bonchev–Trinajstić information content (AvgIpc) is 3.03. The predicted octanol–water partition coefficient (Wildman–Crippen LogP) is 3.73. The maximum atomic E-state index is 12.7. The summed E-state index contributed by atoms with van der Waals surface area (Å²) in [5.74, 6) is -0.252. The van der Waals surface area contributed by atoms with Crippen LogP contribution in [-0.2, 0) is 9.84 Å². The Bertz CT molecular complexity index is 1100.